The van der Waals surface area contributed by atoms with Crippen LogP contribution >= 0.6 is 0 Å². The second-order valence-electron chi connectivity index (χ2n) is 5.71. The lowest BCUT2D eigenvalue weighted by Gasteiger charge is -2.28. The third-order valence-corrected chi connectivity index (χ3v) is 4.51. The van der Waals surface area contributed by atoms with Crippen LogP contribution in [-0.2, 0) is 6.42 Å². The second kappa shape index (κ2) is 6.26. The Kier molecular flexibility index (Phi) is 4.67. The third-order valence-electron chi connectivity index (χ3n) is 4.51. The molecule has 3 N–H and O–H groups in total. The zero-order valence-corrected chi connectivity index (χ0v) is 11.8. The Hall–Kier alpha value is -0.990. The van der Waals surface area contributed by atoms with Gasteiger partial charge in [-0.05, 0) is 38.0 Å². The average molecular weight is 249 g/mol. The molecule has 3 nitrogen and oxygen atoms in total. The maximum Gasteiger partial charge on any atom is 0.148 e. The van der Waals surface area contributed by atoms with Gasteiger partial charge in [-0.1, -0.05) is 33.1 Å². The molecule has 0 atom stereocenters. The number of hydrogen-bond donors (Lipinski definition) is 2. The molecule has 1 aliphatic rings. The van der Waals surface area contributed by atoms with Gasteiger partial charge in [0, 0.05) is 17.2 Å². The molecule has 102 valence electrons. The number of anilines is 1. The molecule has 0 amide bonds. The van der Waals surface area contributed by atoms with Gasteiger partial charge in [0.15, 0.2) is 0 Å². The van der Waals surface area contributed by atoms with Crippen LogP contribution < -0.4 is 5.73 Å². The molecule has 18 heavy (non-hydrogen) atoms. The van der Waals surface area contributed by atoms with Gasteiger partial charge in [-0.15, -0.1) is 0 Å². The zero-order valence-electron chi connectivity index (χ0n) is 11.8. The molecule has 0 spiro atoms. The number of nitrogen functional groups attached to an aromatic ring is 1. The lowest BCUT2D eigenvalue weighted by Crippen LogP contribution is -2.14. The number of hydrogen-bond acceptors (Lipinski definition) is 2. The van der Waals surface area contributed by atoms with Crippen LogP contribution in [0.15, 0.2) is 0 Å². The van der Waals surface area contributed by atoms with Gasteiger partial charge in [-0.2, -0.15) is 5.10 Å². The molecule has 0 radical (unpaired) electrons. The fourth-order valence-electron chi connectivity index (χ4n) is 3.34. The molecular weight excluding hydrogens is 222 g/mol. The van der Waals surface area contributed by atoms with E-state index in [9.17, 15) is 0 Å². The maximum absolute atomic E-state index is 5.91. The largest absolute Gasteiger partial charge is 0.382 e. The van der Waals surface area contributed by atoms with Crippen molar-refractivity contribution >= 4 is 5.82 Å². The zero-order chi connectivity index (χ0) is 13.0. The van der Waals surface area contributed by atoms with Gasteiger partial charge >= 0.3 is 0 Å². The van der Waals surface area contributed by atoms with E-state index in [4.69, 9.17) is 5.73 Å². The SMILES string of the molecule is CCCCC1CCC(c2[nH]nc(N)c2CC)CC1. The molecule has 0 unspecified atom stereocenters. The molecule has 0 aromatic carbocycles. The summed E-state index contributed by atoms with van der Waals surface area (Å²) in [5.41, 5.74) is 8.49. The van der Waals surface area contributed by atoms with Gasteiger partial charge in [-0.25, -0.2) is 0 Å². The van der Waals surface area contributed by atoms with E-state index in [1.54, 1.807) is 0 Å². The number of nitrogens with zero attached hydrogens (tertiary/aromatic N) is 1. The van der Waals surface area contributed by atoms with Crippen LogP contribution in [-0.4, -0.2) is 10.2 Å². The molecule has 1 heterocycles. The Morgan fingerprint density at radius 2 is 1.94 bits per heavy atom. The minimum atomic E-state index is 0.669. The molecule has 2 rings (SSSR count). The monoisotopic (exact) mass is 249 g/mol. The number of nitrogens with two attached hydrogens (primary N) is 1. The van der Waals surface area contributed by atoms with Crippen LogP contribution in [0.3, 0.4) is 0 Å². The summed E-state index contributed by atoms with van der Waals surface area (Å²) in [5, 5.41) is 7.36. The van der Waals surface area contributed by atoms with Gasteiger partial charge < -0.3 is 5.73 Å². The first-order valence-corrected chi connectivity index (χ1v) is 7.58. The van der Waals surface area contributed by atoms with E-state index in [1.807, 2.05) is 0 Å². The van der Waals surface area contributed by atoms with Gasteiger partial charge in [-0.3, -0.25) is 5.10 Å². The molecule has 1 saturated carbocycles. The van der Waals surface area contributed by atoms with E-state index >= 15 is 0 Å². The number of aromatic amines is 1. The van der Waals surface area contributed by atoms with Crippen molar-refractivity contribution in [1.29, 1.82) is 0 Å². The number of nitrogens with one attached hydrogen (secondary N) is 1. The predicted octanol–water partition coefficient (Wildman–Crippen LogP) is 4.02. The summed E-state index contributed by atoms with van der Waals surface area (Å²) in [7, 11) is 0. The molecule has 1 aromatic heterocycles. The topological polar surface area (TPSA) is 54.7 Å². The fraction of sp³-hybridized carbons (Fsp3) is 0.800. The van der Waals surface area contributed by atoms with Crippen molar-refractivity contribution in [3.63, 3.8) is 0 Å². The summed E-state index contributed by atoms with van der Waals surface area (Å²) in [6.07, 6.45) is 10.5. The first-order chi connectivity index (χ1) is 8.76. The Balaban J connectivity index is 1.92. The predicted molar refractivity (Wildman–Crippen MR) is 76.6 cm³/mol. The van der Waals surface area contributed by atoms with Crippen molar-refractivity contribution in [3.8, 4) is 0 Å². The van der Waals surface area contributed by atoms with E-state index in [0.29, 0.717) is 11.7 Å². The highest BCUT2D eigenvalue weighted by Gasteiger charge is 2.25. The minimum absolute atomic E-state index is 0.669. The van der Waals surface area contributed by atoms with E-state index in [2.05, 4.69) is 24.0 Å². The normalized spacial score (nSPS) is 24.3. The van der Waals surface area contributed by atoms with Gasteiger partial charge in [0.1, 0.15) is 5.82 Å². The quantitative estimate of drug-likeness (QED) is 0.828. The number of aromatic nitrogens is 2. The third kappa shape index (κ3) is 2.88. The van der Waals surface area contributed by atoms with Crippen LogP contribution in [0, 0.1) is 5.92 Å². The Labute approximate surface area is 111 Å². The van der Waals surface area contributed by atoms with Crippen molar-refractivity contribution in [2.24, 2.45) is 5.92 Å². The molecule has 0 aliphatic heterocycles. The summed E-state index contributed by atoms with van der Waals surface area (Å²) >= 11 is 0. The highest BCUT2D eigenvalue weighted by atomic mass is 15.2. The molecule has 1 aliphatic carbocycles. The van der Waals surface area contributed by atoms with Gasteiger partial charge in [0.25, 0.3) is 0 Å². The van der Waals surface area contributed by atoms with Crippen LogP contribution in [0.1, 0.15) is 76.0 Å². The van der Waals surface area contributed by atoms with Crippen molar-refractivity contribution < 1.29 is 0 Å². The summed E-state index contributed by atoms with van der Waals surface area (Å²) in [6, 6.07) is 0. The second-order valence-corrected chi connectivity index (χ2v) is 5.71. The summed E-state index contributed by atoms with van der Waals surface area (Å²) in [4.78, 5) is 0. The van der Waals surface area contributed by atoms with Crippen LogP contribution in [0.25, 0.3) is 0 Å². The summed E-state index contributed by atoms with van der Waals surface area (Å²) in [6.45, 7) is 4.45. The van der Waals surface area contributed by atoms with Crippen molar-refractivity contribution in [3.05, 3.63) is 11.3 Å². The summed E-state index contributed by atoms with van der Waals surface area (Å²) < 4.78 is 0. The Bertz CT molecular complexity index is 362. The Morgan fingerprint density at radius 3 is 2.56 bits per heavy atom. The number of rotatable bonds is 5. The van der Waals surface area contributed by atoms with Crippen molar-refractivity contribution in [1.82, 2.24) is 10.2 Å². The highest BCUT2D eigenvalue weighted by Crippen LogP contribution is 2.38. The molecular formula is C15H27N3. The van der Waals surface area contributed by atoms with Gasteiger partial charge in [0.05, 0.1) is 0 Å². The van der Waals surface area contributed by atoms with Crippen molar-refractivity contribution in [2.45, 2.75) is 71.1 Å². The first kappa shape index (κ1) is 13.4. The van der Waals surface area contributed by atoms with E-state index in [1.165, 1.54) is 56.2 Å². The maximum atomic E-state index is 5.91. The number of H-pyrrole nitrogens is 1. The van der Waals surface area contributed by atoms with E-state index in [-0.39, 0.29) is 0 Å². The fourth-order valence-corrected chi connectivity index (χ4v) is 3.34. The summed E-state index contributed by atoms with van der Waals surface area (Å²) in [5.74, 6) is 2.34. The van der Waals surface area contributed by atoms with Crippen LogP contribution in [0.4, 0.5) is 5.82 Å². The minimum Gasteiger partial charge on any atom is -0.382 e. The molecule has 1 fully saturated rings. The van der Waals surface area contributed by atoms with E-state index < -0.39 is 0 Å². The van der Waals surface area contributed by atoms with Crippen LogP contribution in [0.2, 0.25) is 0 Å². The van der Waals surface area contributed by atoms with Crippen LogP contribution in [0.5, 0.6) is 0 Å². The average Bonchev–Trinajstić information content (AvgIpc) is 2.78. The first-order valence-electron chi connectivity index (χ1n) is 7.58. The standard InChI is InChI=1S/C15H27N3/c1-3-5-6-11-7-9-12(10-8-11)14-13(4-2)15(16)18-17-14/h11-12H,3-10H2,1-2H3,(H3,16,17,18). The molecule has 3 heteroatoms. The smallest absolute Gasteiger partial charge is 0.148 e. The lowest BCUT2D eigenvalue weighted by molar-refractivity contribution is 0.301. The molecule has 1 aromatic rings. The lowest BCUT2D eigenvalue weighted by atomic mass is 9.78. The van der Waals surface area contributed by atoms with Gasteiger partial charge in [0.2, 0.25) is 0 Å². The molecule has 0 saturated heterocycles. The molecule has 0 bridgehead atoms. The Morgan fingerprint density at radius 1 is 1.22 bits per heavy atom. The highest BCUT2D eigenvalue weighted by molar-refractivity contribution is 5.43. The number of unbranched alkanes of at least 4 members (excludes halogenated alkanes) is 1. The van der Waals surface area contributed by atoms with Crippen molar-refractivity contribution in [2.75, 3.05) is 5.73 Å². The van der Waals surface area contributed by atoms with E-state index in [0.717, 1.165) is 12.3 Å².